The summed E-state index contributed by atoms with van der Waals surface area (Å²) >= 11 is 0. The van der Waals surface area contributed by atoms with Gasteiger partial charge in [-0.25, -0.2) is 0 Å². The van der Waals surface area contributed by atoms with Crippen LogP contribution in [0.2, 0.25) is 0 Å². The largest absolute Gasteiger partial charge is 0.494 e. The van der Waals surface area contributed by atoms with Crippen molar-refractivity contribution >= 4 is 0 Å². The molecular formula is C20H26NO. The predicted molar refractivity (Wildman–Crippen MR) is 93.1 cm³/mol. The van der Waals surface area contributed by atoms with Crippen LogP contribution >= 0.6 is 0 Å². The molecule has 0 aliphatic rings. The molecule has 2 rings (SSSR count). The van der Waals surface area contributed by atoms with Gasteiger partial charge in [0.15, 0.2) is 0 Å². The van der Waals surface area contributed by atoms with Crippen molar-refractivity contribution in [3.63, 3.8) is 0 Å². The number of aryl methyl sites for hydroxylation is 1. The van der Waals surface area contributed by atoms with Crippen molar-refractivity contribution in [2.24, 2.45) is 0 Å². The lowest BCUT2D eigenvalue weighted by atomic mass is 10.0. The van der Waals surface area contributed by atoms with Crippen molar-refractivity contribution in [2.45, 2.75) is 32.7 Å². The van der Waals surface area contributed by atoms with Gasteiger partial charge < -0.3 is 10.1 Å². The molecule has 2 nitrogen and oxygen atoms in total. The Hall–Kier alpha value is -1.80. The number of benzene rings is 2. The molecule has 1 atom stereocenters. The van der Waals surface area contributed by atoms with Crippen molar-refractivity contribution in [1.29, 1.82) is 0 Å². The first kappa shape index (κ1) is 16.6. The topological polar surface area (TPSA) is 21.3 Å². The molecule has 2 aromatic carbocycles. The molecule has 0 aliphatic carbocycles. The Morgan fingerprint density at radius 3 is 2.41 bits per heavy atom. The highest BCUT2D eigenvalue weighted by Gasteiger charge is 2.08. The SMILES string of the molecule is C[CH]C(NCCCc1ccccc1)c1ccc(OCC)cc1. The van der Waals surface area contributed by atoms with E-state index >= 15 is 0 Å². The number of rotatable bonds is 9. The Morgan fingerprint density at radius 2 is 1.77 bits per heavy atom. The minimum atomic E-state index is 0.298. The fourth-order valence-corrected chi connectivity index (χ4v) is 2.56. The minimum absolute atomic E-state index is 0.298. The van der Waals surface area contributed by atoms with Crippen LogP contribution in [0.5, 0.6) is 5.75 Å². The van der Waals surface area contributed by atoms with Crippen molar-refractivity contribution in [1.82, 2.24) is 5.32 Å². The van der Waals surface area contributed by atoms with E-state index in [1.807, 2.05) is 19.1 Å². The zero-order valence-corrected chi connectivity index (χ0v) is 13.6. The van der Waals surface area contributed by atoms with Gasteiger partial charge in [0.25, 0.3) is 0 Å². The first-order valence-corrected chi connectivity index (χ1v) is 8.13. The molecule has 22 heavy (non-hydrogen) atoms. The summed E-state index contributed by atoms with van der Waals surface area (Å²) in [6.07, 6.45) is 4.47. The van der Waals surface area contributed by atoms with Crippen LogP contribution in [0.1, 0.15) is 37.4 Å². The van der Waals surface area contributed by atoms with Gasteiger partial charge >= 0.3 is 0 Å². The van der Waals surface area contributed by atoms with Gasteiger partial charge in [-0.3, -0.25) is 0 Å². The number of ether oxygens (including phenoxy) is 1. The average molecular weight is 296 g/mol. The zero-order chi connectivity index (χ0) is 15.6. The molecule has 2 heteroatoms. The second-order valence-corrected chi connectivity index (χ2v) is 5.36. The van der Waals surface area contributed by atoms with Gasteiger partial charge in [-0.05, 0) is 56.0 Å². The highest BCUT2D eigenvalue weighted by Crippen LogP contribution is 2.19. The molecular weight excluding hydrogens is 270 g/mol. The Morgan fingerprint density at radius 1 is 1.05 bits per heavy atom. The fraction of sp³-hybridized carbons (Fsp3) is 0.350. The van der Waals surface area contributed by atoms with E-state index < -0.39 is 0 Å². The molecule has 0 spiro atoms. The van der Waals surface area contributed by atoms with Crippen molar-refractivity contribution in [3.8, 4) is 5.75 Å². The van der Waals surface area contributed by atoms with Crippen molar-refractivity contribution < 1.29 is 4.74 Å². The standard InChI is InChI=1S/C20H26NO/c1-3-20(18-12-14-19(15-13-18)22-4-2)21-16-8-11-17-9-6-5-7-10-17/h3,5-7,9-10,12-15,20-21H,4,8,11,16H2,1-2H3. The highest BCUT2D eigenvalue weighted by atomic mass is 16.5. The third kappa shape index (κ3) is 5.19. The van der Waals surface area contributed by atoms with Crippen LogP contribution in [0.25, 0.3) is 0 Å². The van der Waals surface area contributed by atoms with Gasteiger partial charge in [0.2, 0.25) is 0 Å². The van der Waals surface area contributed by atoms with Gasteiger partial charge in [-0.1, -0.05) is 49.4 Å². The van der Waals surface area contributed by atoms with Crippen LogP contribution in [0.3, 0.4) is 0 Å². The molecule has 117 valence electrons. The number of nitrogens with one attached hydrogen (secondary N) is 1. The van der Waals surface area contributed by atoms with E-state index in [-0.39, 0.29) is 0 Å². The quantitative estimate of drug-likeness (QED) is 0.684. The van der Waals surface area contributed by atoms with E-state index in [2.05, 4.69) is 61.1 Å². The van der Waals surface area contributed by atoms with E-state index in [4.69, 9.17) is 4.74 Å². The van der Waals surface area contributed by atoms with E-state index in [0.29, 0.717) is 12.6 Å². The molecule has 0 amide bonds. The normalized spacial score (nSPS) is 12.1. The molecule has 1 unspecified atom stereocenters. The van der Waals surface area contributed by atoms with Gasteiger partial charge in [-0.15, -0.1) is 0 Å². The molecule has 1 N–H and O–H groups in total. The van der Waals surface area contributed by atoms with Crippen LogP contribution < -0.4 is 10.1 Å². The zero-order valence-electron chi connectivity index (χ0n) is 13.6. The first-order chi connectivity index (χ1) is 10.8. The number of hydrogen-bond acceptors (Lipinski definition) is 2. The highest BCUT2D eigenvalue weighted by molar-refractivity contribution is 5.30. The summed E-state index contributed by atoms with van der Waals surface area (Å²) in [7, 11) is 0. The maximum Gasteiger partial charge on any atom is 0.119 e. The second-order valence-electron chi connectivity index (χ2n) is 5.36. The van der Waals surface area contributed by atoms with Crippen LogP contribution in [0.4, 0.5) is 0 Å². The van der Waals surface area contributed by atoms with Gasteiger partial charge in [0.05, 0.1) is 6.61 Å². The molecule has 0 fully saturated rings. The molecule has 2 aromatic rings. The summed E-state index contributed by atoms with van der Waals surface area (Å²) in [6.45, 7) is 5.83. The molecule has 0 bridgehead atoms. The lowest BCUT2D eigenvalue weighted by molar-refractivity contribution is 0.340. The summed E-state index contributed by atoms with van der Waals surface area (Å²) in [5, 5.41) is 3.61. The average Bonchev–Trinajstić information content (AvgIpc) is 2.57. The van der Waals surface area contributed by atoms with Crippen LogP contribution in [-0.2, 0) is 6.42 Å². The second kappa shape index (κ2) is 9.26. The summed E-state index contributed by atoms with van der Waals surface area (Å²) in [4.78, 5) is 0. The van der Waals surface area contributed by atoms with E-state index in [1.54, 1.807) is 0 Å². The Balaban J connectivity index is 1.79. The van der Waals surface area contributed by atoms with E-state index in [1.165, 1.54) is 11.1 Å². The smallest absolute Gasteiger partial charge is 0.119 e. The monoisotopic (exact) mass is 296 g/mol. The van der Waals surface area contributed by atoms with Crippen LogP contribution in [-0.4, -0.2) is 13.2 Å². The summed E-state index contributed by atoms with van der Waals surface area (Å²) in [5.41, 5.74) is 2.69. The fourth-order valence-electron chi connectivity index (χ4n) is 2.56. The van der Waals surface area contributed by atoms with Gasteiger partial charge in [0.1, 0.15) is 5.75 Å². The molecule has 0 aliphatic heterocycles. The Bertz CT molecular complexity index is 521. The Kier molecular flexibility index (Phi) is 6.98. The third-order valence-corrected chi connectivity index (χ3v) is 3.73. The number of hydrogen-bond donors (Lipinski definition) is 1. The molecule has 0 heterocycles. The predicted octanol–water partition coefficient (Wildman–Crippen LogP) is 4.57. The maximum atomic E-state index is 5.49. The van der Waals surface area contributed by atoms with E-state index in [9.17, 15) is 0 Å². The molecule has 1 radical (unpaired) electrons. The van der Waals surface area contributed by atoms with Crippen LogP contribution in [0, 0.1) is 6.42 Å². The summed E-state index contributed by atoms with van der Waals surface area (Å²) in [5.74, 6) is 0.935. The van der Waals surface area contributed by atoms with Crippen molar-refractivity contribution in [3.05, 3.63) is 72.1 Å². The first-order valence-electron chi connectivity index (χ1n) is 8.13. The van der Waals surface area contributed by atoms with Crippen LogP contribution in [0.15, 0.2) is 54.6 Å². The lowest BCUT2D eigenvalue weighted by Gasteiger charge is -2.17. The van der Waals surface area contributed by atoms with Gasteiger partial charge in [0, 0.05) is 6.04 Å². The maximum absolute atomic E-state index is 5.49. The Labute approximate surface area is 134 Å². The molecule has 0 aromatic heterocycles. The van der Waals surface area contributed by atoms with E-state index in [0.717, 1.165) is 25.1 Å². The summed E-state index contributed by atoms with van der Waals surface area (Å²) < 4.78 is 5.49. The lowest BCUT2D eigenvalue weighted by Crippen LogP contribution is -2.22. The molecule has 0 saturated carbocycles. The minimum Gasteiger partial charge on any atom is -0.494 e. The summed E-state index contributed by atoms with van der Waals surface area (Å²) in [6, 6.07) is 19.3. The third-order valence-electron chi connectivity index (χ3n) is 3.73. The van der Waals surface area contributed by atoms with Gasteiger partial charge in [-0.2, -0.15) is 0 Å². The van der Waals surface area contributed by atoms with Crippen molar-refractivity contribution in [2.75, 3.05) is 13.2 Å². The molecule has 0 saturated heterocycles.